The maximum atomic E-state index is 14.1. The summed E-state index contributed by atoms with van der Waals surface area (Å²) in [4.78, 5) is 82.5. The van der Waals surface area contributed by atoms with Crippen molar-refractivity contribution in [2.75, 3.05) is 59.5 Å². The molecule has 3 aromatic rings. The zero-order chi connectivity index (χ0) is 45.2. The Kier molecular flexibility index (Phi) is 18.7. The van der Waals surface area contributed by atoms with Crippen LogP contribution in [0.15, 0.2) is 54.6 Å². The molecule has 0 aliphatic carbocycles. The van der Waals surface area contributed by atoms with Crippen molar-refractivity contribution in [3.63, 3.8) is 0 Å². The van der Waals surface area contributed by atoms with Crippen LogP contribution in [0.5, 0.6) is 11.5 Å². The molecule has 1 aliphatic rings. The van der Waals surface area contributed by atoms with Crippen LogP contribution in [-0.4, -0.2) is 112 Å². The summed E-state index contributed by atoms with van der Waals surface area (Å²) in [5.41, 5.74) is 21.5. The van der Waals surface area contributed by atoms with Crippen molar-refractivity contribution < 1.29 is 38.2 Å². The van der Waals surface area contributed by atoms with Crippen LogP contribution in [0.1, 0.15) is 64.8 Å². The normalized spacial score (nSPS) is 15.4. The molecule has 0 saturated heterocycles. The first-order valence-corrected chi connectivity index (χ1v) is 20.6. The molecule has 62 heavy (non-hydrogen) atoms. The number of nitrogens with two attached hydrogens (primary N) is 3. The fraction of sp³-hybridized carbons (Fsp3) is 0.432. The predicted octanol–water partition coefficient (Wildman–Crippen LogP) is 0.240. The number of nitrogens with zero attached hydrogens (tertiary/aromatic N) is 2. The van der Waals surface area contributed by atoms with E-state index in [1.54, 1.807) is 42.5 Å². The van der Waals surface area contributed by atoms with Crippen molar-refractivity contribution in [3.05, 3.63) is 82.4 Å². The van der Waals surface area contributed by atoms with Gasteiger partial charge in [-0.25, -0.2) is 0 Å². The number of carbonyl (C=O) groups excluding carboxylic acids is 6. The van der Waals surface area contributed by atoms with E-state index < -0.39 is 66.7 Å². The summed E-state index contributed by atoms with van der Waals surface area (Å²) in [5.74, 6) is -3.14. The van der Waals surface area contributed by atoms with Crippen LogP contribution >= 0.6 is 0 Å². The van der Waals surface area contributed by atoms with Gasteiger partial charge in [-0.1, -0.05) is 37.6 Å². The number of nitrogens with one attached hydrogen (secondary N) is 5. The molecule has 11 N–H and O–H groups in total. The van der Waals surface area contributed by atoms with Gasteiger partial charge >= 0.3 is 0 Å². The number of nitriles is 1. The number of ether oxygens (including phenoxy) is 2. The summed E-state index contributed by atoms with van der Waals surface area (Å²) in [7, 11) is 1.37. The number of rotatable bonds is 19. The van der Waals surface area contributed by atoms with Crippen molar-refractivity contribution in [2.45, 2.75) is 64.1 Å². The van der Waals surface area contributed by atoms with Gasteiger partial charge in [0.25, 0.3) is 5.91 Å². The number of unbranched alkanes of at least 4 members (excludes halogenated alkanes) is 1. The van der Waals surface area contributed by atoms with Gasteiger partial charge in [0.2, 0.25) is 29.5 Å². The number of fused-ring (bicyclic) bond motifs is 5. The largest absolute Gasteiger partial charge is 0.492 e. The molecule has 0 saturated carbocycles. The maximum absolute atomic E-state index is 14.1. The van der Waals surface area contributed by atoms with E-state index in [1.165, 1.54) is 7.05 Å². The quantitative estimate of drug-likeness (QED) is 0.0753. The molecule has 0 aromatic heterocycles. The van der Waals surface area contributed by atoms with Gasteiger partial charge in [0.1, 0.15) is 49.4 Å². The van der Waals surface area contributed by atoms with Crippen molar-refractivity contribution >= 4 is 35.4 Å². The monoisotopic (exact) mass is 854 g/mol. The number of carbonyl (C=O) groups is 6. The summed E-state index contributed by atoms with van der Waals surface area (Å²) in [6.45, 7) is 3.23. The highest BCUT2D eigenvalue weighted by molar-refractivity contribution is 5.99. The van der Waals surface area contributed by atoms with Crippen LogP contribution < -0.4 is 53.3 Å². The van der Waals surface area contributed by atoms with Crippen molar-refractivity contribution in [3.8, 4) is 28.7 Å². The maximum Gasteiger partial charge on any atom is 0.252 e. The van der Waals surface area contributed by atoms with E-state index in [-0.39, 0.29) is 52.2 Å². The molecule has 1 heterocycles. The third kappa shape index (κ3) is 13.2. The molecule has 1 aliphatic heterocycles. The lowest BCUT2D eigenvalue weighted by molar-refractivity contribution is -0.140. The molecule has 3 atom stereocenters. The molecule has 4 rings (SSSR count). The number of likely N-dealkylation sites (N-methyl/N-ethyl adjacent to an activating group) is 1. The Morgan fingerprint density at radius 1 is 0.935 bits per heavy atom. The zero-order valence-corrected chi connectivity index (χ0v) is 35.5. The minimum absolute atomic E-state index is 0.00701. The third-order valence-electron chi connectivity index (χ3n) is 10.1. The minimum Gasteiger partial charge on any atom is -0.492 e. The molecule has 6 amide bonds. The molecule has 4 bridgehead atoms. The number of benzene rings is 3. The smallest absolute Gasteiger partial charge is 0.252 e. The Morgan fingerprint density at radius 3 is 2.27 bits per heavy atom. The summed E-state index contributed by atoms with van der Waals surface area (Å²) in [6.07, 6.45) is 3.04. The average Bonchev–Trinajstić information content (AvgIpc) is 3.26. The lowest BCUT2D eigenvalue weighted by Gasteiger charge is -2.29. The highest BCUT2D eigenvalue weighted by Crippen LogP contribution is 2.40. The number of hydrogen-bond acceptors (Lipinski definition) is 12. The molecule has 18 nitrogen and oxygen atoms in total. The minimum atomic E-state index is -1.37. The second kappa shape index (κ2) is 24.0. The van der Waals surface area contributed by atoms with Gasteiger partial charge in [-0.05, 0) is 85.3 Å². The van der Waals surface area contributed by atoms with E-state index in [0.717, 1.165) is 35.3 Å². The lowest BCUT2D eigenvalue weighted by atomic mass is 9.93. The Bertz CT molecular complexity index is 2120. The van der Waals surface area contributed by atoms with Gasteiger partial charge in [-0.3, -0.25) is 28.8 Å². The average molecular weight is 855 g/mol. The zero-order valence-electron chi connectivity index (χ0n) is 35.5. The first kappa shape index (κ1) is 48.1. The predicted molar refractivity (Wildman–Crippen MR) is 231 cm³/mol. The summed E-state index contributed by atoms with van der Waals surface area (Å²) >= 11 is 0. The van der Waals surface area contributed by atoms with Gasteiger partial charge in [0, 0.05) is 43.2 Å². The van der Waals surface area contributed by atoms with Gasteiger partial charge in [0.05, 0.1) is 19.2 Å². The molecule has 18 heteroatoms. The van der Waals surface area contributed by atoms with Gasteiger partial charge < -0.3 is 58.2 Å². The van der Waals surface area contributed by atoms with Crippen LogP contribution in [0.2, 0.25) is 0 Å². The van der Waals surface area contributed by atoms with E-state index in [4.69, 9.17) is 31.9 Å². The van der Waals surface area contributed by atoms with E-state index in [2.05, 4.69) is 33.5 Å². The van der Waals surface area contributed by atoms with Crippen LogP contribution in [0.25, 0.3) is 11.1 Å². The number of aryl methyl sites for hydroxylation is 2. The van der Waals surface area contributed by atoms with Crippen LogP contribution in [0.4, 0.5) is 0 Å². The highest BCUT2D eigenvalue weighted by atomic mass is 16.5. The van der Waals surface area contributed by atoms with Gasteiger partial charge in [-0.2, -0.15) is 5.26 Å². The van der Waals surface area contributed by atoms with Crippen molar-refractivity contribution in [1.29, 1.82) is 5.26 Å². The Hall–Kier alpha value is -6.55. The molecule has 332 valence electrons. The SMILES string of the molecule is CCCCc1ccc(C(=O)NC(CCN)C(=O)NCC(=O)N(C)C2C(=O)NCC(=O)NC(C(=O)NCC#N)Cc3ccc(OCCN)c(c3)-c3cc2ccc3OCCN)c(C)c1. The van der Waals surface area contributed by atoms with E-state index in [0.29, 0.717) is 39.3 Å². The Morgan fingerprint density at radius 2 is 1.63 bits per heavy atom. The highest BCUT2D eigenvalue weighted by Gasteiger charge is 2.32. The van der Waals surface area contributed by atoms with E-state index in [1.807, 2.05) is 25.1 Å². The molecular formula is C44H58N10O8. The van der Waals surface area contributed by atoms with E-state index in [9.17, 15) is 28.8 Å². The Labute approximate surface area is 361 Å². The summed E-state index contributed by atoms with van der Waals surface area (Å²) in [6, 6.07) is 13.9. The molecule has 0 radical (unpaired) electrons. The lowest BCUT2D eigenvalue weighted by Crippen LogP contribution is -2.52. The first-order valence-electron chi connectivity index (χ1n) is 20.6. The standard InChI is InChI=1S/C44H58N10O8/c1-4-5-6-28-7-10-31(27(2)21-28)41(57)53-34(13-14-45)42(58)51-26-39(56)54(3)40-30-9-12-37(62-20-17-48)33(24-30)32-22-29(8-11-36(32)61-19-16-47)23-35(43(59)49-18-15-46)52-38(55)25-50-44(40)60/h7-12,21-22,24,34-35,40H,4-6,13-14,16-20,23,25-26,45,47-48H2,1-3H3,(H,49,59)(H,50,60)(H,51,58)(H,52,55)(H,53,57). The van der Waals surface area contributed by atoms with Crippen molar-refractivity contribution in [2.24, 2.45) is 17.2 Å². The molecule has 3 aromatic carbocycles. The third-order valence-corrected chi connectivity index (χ3v) is 10.1. The van der Waals surface area contributed by atoms with Crippen molar-refractivity contribution in [1.82, 2.24) is 31.5 Å². The second-order valence-corrected chi connectivity index (χ2v) is 14.8. The van der Waals surface area contributed by atoms with E-state index >= 15 is 0 Å². The van der Waals surface area contributed by atoms with Gasteiger partial charge in [0.15, 0.2) is 0 Å². The molecule has 3 unspecified atom stereocenters. The number of hydrogen-bond donors (Lipinski definition) is 8. The first-order chi connectivity index (χ1) is 29.8. The Balaban J connectivity index is 1.68. The fourth-order valence-corrected chi connectivity index (χ4v) is 6.93. The van der Waals surface area contributed by atoms with Gasteiger partial charge in [-0.15, -0.1) is 0 Å². The molecular weight excluding hydrogens is 797 g/mol. The molecule has 0 fully saturated rings. The second-order valence-electron chi connectivity index (χ2n) is 14.8. The van der Waals surface area contributed by atoms with Crippen LogP contribution in [-0.2, 0) is 36.8 Å². The molecule has 0 spiro atoms. The summed E-state index contributed by atoms with van der Waals surface area (Å²) < 4.78 is 12.1. The summed E-state index contributed by atoms with van der Waals surface area (Å²) in [5, 5.41) is 22.1. The fourth-order valence-electron chi connectivity index (χ4n) is 6.93. The number of amides is 6. The van der Waals surface area contributed by atoms with Crippen LogP contribution in [0, 0.1) is 18.3 Å². The van der Waals surface area contributed by atoms with Crippen LogP contribution in [0.3, 0.4) is 0 Å². The topological polar surface area (TPSA) is 286 Å².